The van der Waals surface area contributed by atoms with Gasteiger partial charge in [0.25, 0.3) is 5.91 Å². The Morgan fingerprint density at radius 1 is 1.31 bits per heavy atom. The van der Waals surface area contributed by atoms with Crippen molar-refractivity contribution >= 4 is 45.0 Å². The van der Waals surface area contributed by atoms with Crippen molar-refractivity contribution < 1.29 is 18.7 Å². The summed E-state index contributed by atoms with van der Waals surface area (Å²) in [7, 11) is 0. The number of ether oxygens (including phenoxy) is 1. The zero-order valence-electron chi connectivity index (χ0n) is 18.1. The van der Waals surface area contributed by atoms with E-state index < -0.39 is 29.8 Å². The summed E-state index contributed by atoms with van der Waals surface area (Å²) >= 11 is 3.23. The number of carbonyl (C=O) groups excluding carboxylic acids is 2. The first-order valence-corrected chi connectivity index (χ1v) is 10.9. The predicted molar refractivity (Wildman–Crippen MR) is 123 cm³/mol. The number of nitrogen functional groups attached to an aromatic ring is 1. The fourth-order valence-electron chi connectivity index (χ4n) is 3.31. The van der Waals surface area contributed by atoms with Gasteiger partial charge in [0, 0.05) is 19.3 Å². The number of alkyl carbamates (subject to hydrolysis) is 1. The molecule has 3 heterocycles. The van der Waals surface area contributed by atoms with Gasteiger partial charge in [-0.05, 0) is 61.3 Å². The summed E-state index contributed by atoms with van der Waals surface area (Å²) in [5.41, 5.74) is 6.57. The number of nitrogens with two attached hydrogens (primary N) is 1. The highest BCUT2D eigenvalue weighted by atomic mass is 79.9. The van der Waals surface area contributed by atoms with Crippen LogP contribution in [-0.4, -0.2) is 52.9 Å². The Morgan fingerprint density at radius 3 is 2.78 bits per heavy atom. The van der Waals surface area contributed by atoms with Gasteiger partial charge in [-0.15, -0.1) is 0 Å². The quantitative estimate of drug-likeness (QED) is 0.539. The van der Waals surface area contributed by atoms with Crippen LogP contribution in [0.2, 0.25) is 0 Å². The van der Waals surface area contributed by atoms with E-state index in [2.05, 4.69) is 36.5 Å². The Hall–Kier alpha value is -2.95. The summed E-state index contributed by atoms with van der Waals surface area (Å²) in [5.74, 6) is -0.498. The zero-order chi connectivity index (χ0) is 23.5. The molecule has 1 aliphatic heterocycles. The molecule has 0 radical (unpaired) electrons. The number of alkyl halides is 1. The van der Waals surface area contributed by atoms with Crippen molar-refractivity contribution in [3.63, 3.8) is 0 Å². The second-order valence-corrected chi connectivity index (χ2v) is 9.23. The van der Waals surface area contributed by atoms with E-state index in [0.29, 0.717) is 22.5 Å². The molecule has 1 saturated heterocycles. The Balaban J connectivity index is 1.76. The van der Waals surface area contributed by atoms with Gasteiger partial charge >= 0.3 is 6.09 Å². The molecule has 4 N–H and O–H groups in total. The van der Waals surface area contributed by atoms with Crippen LogP contribution in [0.1, 0.15) is 37.7 Å². The molecule has 2 aromatic rings. The normalized spacial score (nSPS) is 18.7. The first-order valence-electron chi connectivity index (χ1n) is 10.1. The molecule has 0 aliphatic carbocycles. The number of halogens is 2. The molecule has 3 rings (SSSR count). The molecule has 2 amide bonds. The van der Waals surface area contributed by atoms with Crippen molar-refractivity contribution in [2.75, 3.05) is 29.0 Å². The highest BCUT2D eigenvalue weighted by Crippen LogP contribution is 2.29. The molecule has 172 valence electrons. The van der Waals surface area contributed by atoms with E-state index in [0.717, 1.165) is 0 Å². The summed E-state index contributed by atoms with van der Waals surface area (Å²) < 4.78 is 20.3. The van der Waals surface area contributed by atoms with Crippen molar-refractivity contribution in [3.05, 3.63) is 40.9 Å². The van der Waals surface area contributed by atoms with Gasteiger partial charge in [-0.1, -0.05) is 0 Å². The molecule has 32 heavy (non-hydrogen) atoms. The fourth-order valence-corrected chi connectivity index (χ4v) is 3.62. The monoisotopic (exact) mass is 508 g/mol. The van der Waals surface area contributed by atoms with Crippen LogP contribution < -0.4 is 21.3 Å². The van der Waals surface area contributed by atoms with Gasteiger partial charge in [0.15, 0.2) is 5.69 Å². The number of pyridine rings is 2. The van der Waals surface area contributed by atoms with Crippen LogP contribution in [0, 0.1) is 0 Å². The highest BCUT2D eigenvalue weighted by molar-refractivity contribution is 9.10. The molecule has 2 atom stereocenters. The van der Waals surface area contributed by atoms with Crippen LogP contribution in [0.3, 0.4) is 0 Å². The van der Waals surface area contributed by atoms with Crippen LogP contribution in [0.5, 0.6) is 0 Å². The maximum atomic E-state index is 14.5. The third-order valence-electron chi connectivity index (χ3n) is 4.73. The third-order valence-corrected chi connectivity index (χ3v) is 5.17. The van der Waals surface area contributed by atoms with Gasteiger partial charge in [-0.25, -0.2) is 14.2 Å². The summed E-state index contributed by atoms with van der Waals surface area (Å²) in [6, 6.07) is 4.17. The smallest absolute Gasteiger partial charge is 0.408 e. The second kappa shape index (κ2) is 9.68. The van der Waals surface area contributed by atoms with Gasteiger partial charge in [0.2, 0.25) is 0 Å². The van der Waals surface area contributed by atoms with Crippen LogP contribution in [0.4, 0.5) is 26.2 Å². The minimum Gasteiger partial charge on any atom is -0.444 e. The van der Waals surface area contributed by atoms with Crippen LogP contribution in [-0.2, 0) is 4.74 Å². The molecule has 11 heteroatoms. The lowest BCUT2D eigenvalue weighted by molar-refractivity contribution is 0.0466. The fraction of sp³-hybridized carbons (Fsp3) is 0.429. The maximum Gasteiger partial charge on any atom is 0.408 e. The third kappa shape index (κ3) is 6.06. The molecule has 0 spiro atoms. The lowest BCUT2D eigenvalue weighted by Crippen LogP contribution is -2.54. The number of amides is 2. The van der Waals surface area contributed by atoms with Crippen molar-refractivity contribution in [2.45, 2.75) is 45.0 Å². The lowest BCUT2D eigenvalue weighted by Gasteiger charge is -2.37. The Labute approximate surface area is 194 Å². The zero-order valence-corrected chi connectivity index (χ0v) is 19.6. The molecule has 0 saturated carbocycles. The average molecular weight is 509 g/mol. The molecular formula is C21H26BrFN6O3. The Morgan fingerprint density at radius 2 is 2.06 bits per heavy atom. The number of hydrogen-bond acceptors (Lipinski definition) is 7. The number of nitrogens with zero attached hydrogens (tertiary/aromatic N) is 3. The van der Waals surface area contributed by atoms with Crippen molar-refractivity contribution in [1.82, 2.24) is 15.3 Å². The van der Waals surface area contributed by atoms with Crippen molar-refractivity contribution in [1.29, 1.82) is 0 Å². The van der Waals surface area contributed by atoms with Gasteiger partial charge < -0.3 is 26.0 Å². The molecule has 1 fully saturated rings. The number of aromatic nitrogens is 2. The number of rotatable bonds is 4. The van der Waals surface area contributed by atoms with Gasteiger partial charge in [-0.2, -0.15) is 0 Å². The predicted octanol–water partition coefficient (Wildman–Crippen LogP) is 3.52. The van der Waals surface area contributed by atoms with E-state index in [1.165, 1.54) is 6.20 Å². The summed E-state index contributed by atoms with van der Waals surface area (Å²) in [6.45, 7) is 5.82. The Kier molecular flexibility index (Phi) is 7.17. The van der Waals surface area contributed by atoms with E-state index in [1.807, 2.05) is 4.90 Å². The minimum atomic E-state index is -1.22. The molecule has 0 aromatic carbocycles. The number of anilines is 3. The summed E-state index contributed by atoms with van der Waals surface area (Å²) in [4.78, 5) is 35.0. The second-order valence-electron chi connectivity index (χ2n) is 8.42. The van der Waals surface area contributed by atoms with Crippen molar-refractivity contribution in [3.8, 4) is 0 Å². The first kappa shape index (κ1) is 23.7. The number of nitrogens with one attached hydrogen (secondary N) is 2. The number of carbonyl (C=O) groups is 2. The minimum absolute atomic E-state index is 0.0705. The molecule has 2 unspecified atom stereocenters. The van der Waals surface area contributed by atoms with E-state index >= 15 is 0 Å². The van der Waals surface area contributed by atoms with E-state index in [1.54, 1.807) is 45.2 Å². The van der Waals surface area contributed by atoms with E-state index in [-0.39, 0.29) is 24.3 Å². The maximum absolute atomic E-state index is 14.5. The average Bonchev–Trinajstić information content (AvgIpc) is 2.70. The van der Waals surface area contributed by atoms with Crippen LogP contribution >= 0.6 is 15.9 Å². The highest BCUT2D eigenvalue weighted by Gasteiger charge is 2.33. The lowest BCUT2D eigenvalue weighted by atomic mass is 10.0. The summed E-state index contributed by atoms with van der Waals surface area (Å²) in [6.07, 6.45) is 1.39. The molecule has 9 nitrogen and oxygen atoms in total. The van der Waals surface area contributed by atoms with Gasteiger partial charge in [0.1, 0.15) is 16.4 Å². The van der Waals surface area contributed by atoms with Crippen LogP contribution in [0.15, 0.2) is 35.2 Å². The van der Waals surface area contributed by atoms with Gasteiger partial charge in [-0.3, -0.25) is 9.78 Å². The first-order chi connectivity index (χ1) is 15.0. The topological polar surface area (TPSA) is 122 Å². The largest absolute Gasteiger partial charge is 0.444 e. The number of hydrogen-bond donors (Lipinski definition) is 3. The molecular weight excluding hydrogens is 483 g/mol. The number of piperidine rings is 1. The van der Waals surface area contributed by atoms with Gasteiger partial charge in [0.05, 0.1) is 29.3 Å². The molecule has 1 aliphatic rings. The van der Waals surface area contributed by atoms with Crippen molar-refractivity contribution in [2.24, 2.45) is 0 Å². The van der Waals surface area contributed by atoms with E-state index in [4.69, 9.17) is 10.5 Å². The summed E-state index contributed by atoms with van der Waals surface area (Å²) in [5, 5.41) is 5.39. The standard InChI is InChI=1S/C21H26BrFN6O3/c1-21(2,3)32-20(31)27-15-11-29(9-7-12(15)23)16-6-8-25-10-14(16)26-19(30)18-13(24)4-5-17(22)28-18/h4-6,8,10,12,15H,7,9,11,24H2,1-3H3,(H,26,30)(H,27,31). The van der Waals surface area contributed by atoms with E-state index in [9.17, 15) is 14.0 Å². The molecule has 0 bridgehead atoms. The SMILES string of the molecule is CC(C)(C)OC(=O)NC1CN(c2ccncc2NC(=O)c2nc(Br)ccc2N)CCC1F. The van der Waals surface area contributed by atoms with Crippen LogP contribution in [0.25, 0.3) is 0 Å². The molecule has 2 aromatic heterocycles. The Bertz CT molecular complexity index is 1000.